The van der Waals surface area contributed by atoms with Gasteiger partial charge in [-0.3, -0.25) is 0 Å². The van der Waals surface area contributed by atoms with Crippen LogP contribution >= 0.6 is 0 Å². The highest BCUT2D eigenvalue weighted by Crippen LogP contribution is 2.72. The second kappa shape index (κ2) is 18.8. The fourth-order valence-corrected chi connectivity index (χ4v) is 12.4. The molecule has 3 fully saturated rings. The highest BCUT2D eigenvalue weighted by molar-refractivity contribution is 6.07. The molecular formula is C55H67N3O5. The van der Waals surface area contributed by atoms with E-state index in [0.29, 0.717) is 29.8 Å². The van der Waals surface area contributed by atoms with Gasteiger partial charge in [0.05, 0.1) is 17.2 Å². The Balaban J connectivity index is 1.10. The summed E-state index contributed by atoms with van der Waals surface area (Å²) < 4.78 is 12.9. The molecule has 1 spiro atoms. The van der Waals surface area contributed by atoms with Gasteiger partial charge in [0, 0.05) is 23.6 Å². The molecule has 8 heteroatoms. The third kappa shape index (κ3) is 8.51. The fraction of sp³-hybridized carbons (Fsp3) is 0.491. The number of rotatable bonds is 16. The Morgan fingerprint density at radius 3 is 2.59 bits per heavy atom. The average molecular weight is 850 g/mol. The van der Waals surface area contributed by atoms with E-state index in [0.717, 1.165) is 128 Å². The smallest absolute Gasteiger partial charge is 0.340 e. The molecule has 0 radical (unpaired) electrons. The zero-order chi connectivity index (χ0) is 43.7. The summed E-state index contributed by atoms with van der Waals surface area (Å²) in [6.45, 7) is 9.56. The zero-order valence-electron chi connectivity index (χ0n) is 37.8. The minimum absolute atomic E-state index is 0.00725. The fourth-order valence-electron chi connectivity index (χ4n) is 12.4. The van der Waals surface area contributed by atoms with Crippen molar-refractivity contribution in [2.24, 2.45) is 40.9 Å². The maximum absolute atomic E-state index is 14.9. The Labute approximate surface area is 374 Å². The van der Waals surface area contributed by atoms with E-state index in [1.165, 1.54) is 18.4 Å². The zero-order valence-corrected chi connectivity index (χ0v) is 37.8. The van der Waals surface area contributed by atoms with Gasteiger partial charge in [-0.1, -0.05) is 75.4 Å². The first-order valence-electron chi connectivity index (χ1n) is 24.1. The molecule has 2 saturated heterocycles. The first-order valence-corrected chi connectivity index (χ1v) is 24.1. The van der Waals surface area contributed by atoms with Crippen LogP contribution in [-0.4, -0.2) is 43.3 Å². The summed E-state index contributed by atoms with van der Waals surface area (Å²) in [4.78, 5) is 29.4. The molecule has 7 atom stereocenters. The Kier molecular flexibility index (Phi) is 12.9. The van der Waals surface area contributed by atoms with Crippen molar-refractivity contribution >= 4 is 17.5 Å². The molecule has 10 rings (SSSR count). The summed E-state index contributed by atoms with van der Waals surface area (Å²) >= 11 is 0. The number of piperidine rings is 1. The third-order valence-corrected chi connectivity index (χ3v) is 15.3. The van der Waals surface area contributed by atoms with Crippen LogP contribution in [0.15, 0.2) is 113 Å². The number of phenolic OH excluding ortho intramolecular Hbond substituents is 1. The molecule has 4 aliphatic carbocycles. The maximum atomic E-state index is 14.9. The van der Waals surface area contributed by atoms with Crippen molar-refractivity contribution in [2.45, 2.75) is 111 Å². The molecular weight excluding hydrogens is 783 g/mol. The van der Waals surface area contributed by atoms with Gasteiger partial charge in [0.1, 0.15) is 17.3 Å². The number of hydrogen-bond acceptors (Lipinski definition) is 8. The highest BCUT2D eigenvalue weighted by atomic mass is 16.5. The summed E-state index contributed by atoms with van der Waals surface area (Å²) in [6, 6.07) is 24.6. The van der Waals surface area contributed by atoms with E-state index in [1.807, 2.05) is 25.2 Å². The molecule has 4 N–H and O–H groups in total. The summed E-state index contributed by atoms with van der Waals surface area (Å²) in [7, 11) is 1.95. The number of cyclic esters (lactones) is 2. The maximum Gasteiger partial charge on any atom is 0.340 e. The van der Waals surface area contributed by atoms with Crippen molar-refractivity contribution in [3.8, 4) is 16.9 Å². The number of benzene rings is 3. The normalized spacial score (nSPS) is 28.1. The standard InChI is InChI=1S/C55H67N3O5/c1-5-35(28-36-13-7-6-8-14-36)30-47-55-25-23-42(49(52(55)54(61)63-47)45-32-40(59)19-20-41(45)39-17-9-16-38(29-39)33-56-4)43-21-22-44-46(62-53(60)50(44)51(43)55)18-10-15-37-24-27-58-48(31-37)57-26-11-12-34(2)3/h6-9,13-14,16-20,29-30,32,34-35,37,42-43,48,51,56-59H,5,10-12,15,21-28,31,33H2,1-4H3. The molecule has 3 heterocycles. The number of nitrogens with one attached hydrogen (secondary N) is 3. The molecule has 7 unspecified atom stereocenters. The minimum atomic E-state index is -0.825. The van der Waals surface area contributed by atoms with Crippen molar-refractivity contribution in [3.63, 3.8) is 0 Å². The lowest BCUT2D eigenvalue weighted by molar-refractivity contribution is -0.135. The number of esters is 2. The number of aromatic hydroxyl groups is 1. The second-order valence-corrected chi connectivity index (χ2v) is 19.6. The van der Waals surface area contributed by atoms with Gasteiger partial charge in [0.2, 0.25) is 0 Å². The predicted octanol–water partition coefficient (Wildman–Crippen LogP) is 10.5. The molecule has 0 amide bonds. The van der Waals surface area contributed by atoms with Crippen LogP contribution in [0.25, 0.3) is 16.7 Å². The first kappa shape index (κ1) is 43.5. The lowest BCUT2D eigenvalue weighted by Gasteiger charge is -2.56. The number of carbonyl (C=O) groups is 2. The average Bonchev–Trinajstić information content (AvgIpc) is 3.77. The molecule has 1 saturated carbocycles. The summed E-state index contributed by atoms with van der Waals surface area (Å²) in [5, 5.41) is 21.9. The number of carbonyl (C=O) groups excluding carboxylic acids is 2. The van der Waals surface area contributed by atoms with Crippen LogP contribution in [0.3, 0.4) is 0 Å². The SMILES string of the molecule is CCC(C=C1OC(=O)C2=C(c3cc(O)ccc3-c3cccc(CNC)c3)C3CCC12C1C2=C(CCC31)C(=CCCC1CCNC(NCCCC(C)C)C1)OC2=O)Cc1ccccc1. The molecule has 7 aliphatic rings. The molecule has 8 nitrogen and oxygen atoms in total. The molecule has 63 heavy (non-hydrogen) atoms. The van der Waals surface area contributed by atoms with E-state index in [4.69, 9.17) is 9.47 Å². The molecule has 3 aromatic carbocycles. The van der Waals surface area contributed by atoms with Crippen molar-refractivity contribution in [1.82, 2.24) is 16.0 Å². The molecule has 2 bridgehead atoms. The predicted molar refractivity (Wildman–Crippen MR) is 250 cm³/mol. The second-order valence-electron chi connectivity index (χ2n) is 19.6. The first-order chi connectivity index (χ1) is 30.7. The highest BCUT2D eigenvalue weighted by Gasteiger charge is 2.68. The topological polar surface area (TPSA) is 109 Å². The van der Waals surface area contributed by atoms with Gasteiger partial charge in [0.25, 0.3) is 0 Å². The Morgan fingerprint density at radius 1 is 0.937 bits per heavy atom. The van der Waals surface area contributed by atoms with Gasteiger partial charge in [-0.05, 0) is 191 Å². The van der Waals surface area contributed by atoms with Gasteiger partial charge in [0.15, 0.2) is 0 Å². The summed E-state index contributed by atoms with van der Waals surface area (Å²) in [5.41, 5.74) is 7.94. The van der Waals surface area contributed by atoms with Crippen LogP contribution < -0.4 is 16.0 Å². The molecule has 3 aliphatic heterocycles. The van der Waals surface area contributed by atoms with Gasteiger partial charge >= 0.3 is 11.9 Å². The Hall–Kier alpha value is -4.76. The number of phenols is 1. The van der Waals surface area contributed by atoms with Crippen LogP contribution in [0.5, 0.6) is 5.75 Å². The van der Waals surface area contributed by atoms with E-state index in [9.17, 15) is 14.7 Å². The van der Waals surface area contributed by atoms with E-state index in [1.54, 1.807) is 6.07 Å². The quantitative estimate of drug-likeness (QED) is 0.0834. The minimum Gasteiger partial charge on any atom is -0.508 e. The number of fused-ring (bicyclic) bond motifs is 1. The number of hydrogen-bond donors (Lipinski definition) is 4. The summed E-state index contributed by atoms with van der Waals surface area (Å²) in [6.07, 6.45) is 16.3. The summed E-state index contributed by atoms with van der Waals surface area (Å²) in [5.74, 6) is 2.35. The van der Waals surface area contributed by atoms with Crippen LogP contribution in [-0.2, 0) is 32.0 Å². The van der Waals surface area contributed by atoms with Crippen molar-refractivity contribution < 1.29 is 24.2 Å². The van der Waals surface area contributed by atoms with Gasteiger partial charge in [-0.25, -0.2) is 9.59 Å². The Bertz CT molecular complexity index is 2320. The number of allylic oxidation sites excluding steroid dienone is 5. The van der Waals surface area contributed by atoms with Crippen LogP contribution in [0, 0.1) is 40.9 Å². The number of ether oxygens (including phenoxy) is 2. The van der Waals surface area contributed by atoms with E-state index in [2.05, 4.69) is 97.4 Å². The van der Waals surface area contributed by atoms with Crippen molar-refractivity contribution in [1.29, 1.82) is 0 Å². The van der Waals surface area contributed by atoms with Crippen molar-refractivity contribution in [2.75, 3.05) is 20.1 Å². The van der Waals surface area contributed by atoms with Crippen LogP contribution in [0.2, 0.25) is 0 Å². The Morgan fingerprint density at radius 2 is 1.78 bits per heavy atom. The van der Waals surface area contributed by atoms with E-state index >= 15 is 0 Å². The van der Waals surface area contributed by atoms with Crippen LogP contribution in [0.1, 0.15) is 108 Å². The molecule has 332 valence electrons. The van der Waals surface area contributed by atoms with E-state index in [-0.39, 0.29) is 41.4 Å². The molecule has 0 aromatic heterocycles. The third-order valence-electron chi connectivity index (χ3n) is 15.3. The van der Waals surface area contributed by atoms with E-state index < -0.39 is 5.41 Å². The van der Waals surface area contributed by atoms with Gasteiger partial charge in [-0.15, -0.1) is 0 Å². The van der Waals surface area contributed by atoms with Crippen molar-refractivity contribution in [3.05, 3.63) is 130 Å². The van der Waals surface area contributed by atoms with Crippen LogP contribution in [0.4, 0.5) is 0 Å². The van der Waals surface area contributed by atoms with Gasteiger partial charge in [-0.2, -0.15) is 0 Å². The lowest BCUT2D eigenvalue weighted by atomic mass is 9.44. The molecule has 3 aromatic rings. The van der Waals surface area contributed by atoms with Gasteiger partial charge < -0.3 is 30.5 Å². The monoisotopic (exact) mass is 850 g/mol. The largest absolute Gasteiger partial charge is 0.508 e. The lowest BCUT2D eigenvalue weighted by Crippen LogP contribution is -2.52.